The third-order valence-corrected chi connectivity index (χ3v) is 3.48. The predicted molar refractivity (Wildman–Crippen MR) is 94.2 cm³/mol. The maximum atomic E-state index is 12.0. The Kier molecular flexibility index (Phi) is 6.85. The molecule has 1 atom stereocenters. The summed E-state index contributed by atoms with van der Waals surface area (Å²) in [7, 11) is 0. The molecule has 0 heterocycles. The third-order valence-electron chi connectivity index (χ3n) is 3.48. The molecule has 0 aromatic rings. The van der Waals surface area contributed by atoms with Gasteiger partial charge < -0.3 is 5.11 Å². The number of carboxylic acids is 1. The molecule has 0 spiro atoms. The zero-order valence-corrected chi connectivity index (χ0v) is 13.6. The quantitative estimate of drug-likeness (QED) is 0.331. The topological polar surface area (TPSA) is 54.4 Å². The molecule has 0 radical (unpaired) electrons. The molecule has 0 saturated carbocycles. The van der Waals surface area contributed by atoms with Crippen molar-refractivity contribution in [1.82, 2.24) is 0 Å². The van der Waals surface area contributed by atoms with Gasteiger partial charge in [0.2, 0.25) is 0 Å². The number of hydrogen-bond acceptors (Lipinski definition) is 2. The lowest BCUT2D eigenvalue weighted by Gasteiger charge is -2.06. The van der Waals surface area contributed by atoms with E-state index in [1.807, 2.05) is 12.2 Å². The van der Waals surface area contributed by atoms with Gasteiger partial charge in [0, 0.05) is 23.4 Å². The average Bonchev–Trinajstić information content (AvgIpc) is 2.89. The van der Waals surface area contributed by atoms with Crippen LogP contribution < -0.4 is 0 Å². The molecule has 0 amide bonds. The second-order valence-electron chi connectivity index (χ2n) is 5.41. The number of carbonyl (C=O) groups is 2. The number of unbranched alkanes of at least 4 members (excludes halogenated alkanes) is 3. The Morgan fingerprint density at radius 3 is 2.91 bits per heavy atom. The number of carbonyl (C=O) groups excluding carboxylic acids is 1. The highest BCUT2D eigenvalue weighted by Gasteiger charge is 2.20. The number of hydrogen-bond donors (Lipinski definition) is 1. The van der Waals surface area contributed by atoms with E-state index in [1.165, 1.54) is 18.6 Å². The highest BCUT2D eigenvalue weighted by Crippen LogP contribution is 2.25. The molecule has 1 N–H and O–H groups in total. The minimum absolute atomic E-state index is 0.0733. The molecule has 0 aromatic carbocycles. The van der Waals surface area contributed by atoms with Crippen LogP contribution in [0.25, 0.3) is 0 Å². The van der Waals surface area contributed by atoms with Crippen molar-refractivity contribution >= 4 is 11.8 Å². The summed E-state index contributed by atoms with van der Waals surface area (Å²) in [6.07, 6.45) is 10.4. The largest absolute Gasteiger partial charge is 0.481 e. The monoisotopic (exact) mass is 320 g/mol. The van der Waals surface area contributed by atoms with E-state index in [4.69, 9.17) is 10.6 Å². The van der Waals surface area contributed by atoms with Gasteiger partial charge in [-0.05, 0) is 38.1 Å². The van der Waals surface area contributed by atoms with E-state index in [0.717, 1.165) is 25.3 Å². The Labute approximate surface area is 145 Å². The van der Waals surface area contributed by atoms with E-state index in [9.17, 15) is 9.59 Å². The van der Waals surface area contributed by atoms with Crippen molar-refractivity contribution in [2.24, 2.45) is 5.92 Å². The normalized spacial score (nSPS) is 23.4. The summed E-state index contributed by atoms with van der Waals surface area (Å²) < 4.78 is 30.9. The molecule has 0 bridgehead atoms. The van der Waals surface area contributed by atoms with Crippen molar-refractivity contribution in [2.45, 2.75) is 58.2 Å². The number of ketones is 1. The molecule has 126 valence electrons. The number of rotatable bonds is 11. The maximum absolute atomic E-state index is 12.0. The smallest absolute Gasteiger partial charge is 0.303 e. The van der Waals surface area contributed by atoms with Gasteiger partial charge in [-0.15, -0.1) is 0 Å². The van der Waals surface area contributed by atoms with Gasteiger partial charge in [0.15, 0.2) is 5.78 Å². The molecule has 0 fully saturated rings. The Hall–Kier alpha value is -1.90. The van der Waals surface area contributed by atoms with Crippen molar-refractivity contribution in [3.05, 3.63) is 48.1 Å². The van der Waals surface area contributed by atoms with Crippen LogP contribution in [-0.4, -0.2) is 16.9 Å². The van der Waals surface area contributed by atoms with Crippen molar-refractivity contribution in [2.75, 3.05) is 0 Å². The summed E-state index contributed by atoms with van der Waals surface area (Å²) in [6, 6.07) is 0. The van der Waals surface area contributed by atoms with Crippen molar-refractivity contribution < 1.29 is 20.2 Å². The van der Waals surface area contributed by atoms with Crippen LogP contribution in [-0.2, 0) is 9.59 Å². The van der Waals surface area contributed by atoms with E-state index >= 15 is 0 Å². The third kappa shape index (κ3) is 8.34. The summed E-state index contributed by atoms with van der Waals surface area (Å²) in [5.41, 5.74) is 0.625. The first-order valence-electron chi connectivity index (χ1n) is 10.1. The van der Waals surface area contributed by atoms with Gasteiger partial charge in [-0.3, -0.25) is 9.59 Å². The van der Waals surface area contributed by atoms with E-state index in [0.29, 0.717) is 12.0 Å². The lowest BCUT2D eigenvalue weighted by molar-refractivity contribution is -0.137. The molecule has 1 aliphatic rings. The van der Waals surface area contributed by atoms with Gasteiger partial charge in [-0.1, -0.05) is 56.2 Å². The molecule has 1 rings (SSSR count). The van der Waals surface area contributed by atoms with E-state index in [-0.39, 0.29) is 11.7 Å². The van der Waals surface area contributed by atoms with Crippen molar-refractivity contribution in [3.63, 3.8) is 0 Å². The minimum Gasteiger partial charge on any atom is -0.481 e. The molecule has 0 aliphatic heterocycles. The minimum atomic E-state index is -2.52. The van der Waals surface area contributed by atoms with E-state index in [2.05, 4.69) is 6.92 Å². The standard InChI is InChI=1S/C20H28O3/c1-2-3-4-5-6-10-13-18-17(15-16-19(18)21)12-9-7-8-11-14-20(22)23/h6-7,9-10,13,15-17H,2-5,8,11-12,14H2,1H3,(H,22,23)/t17-/m0/s1/i8D2,11D2. The van der Waals surface area contributed by atoms with Gasteiger partial charge >= 0.3 is 5.97 Å². The second kappa shape index (κ2) is 11.6. The second-order valence-corrected chi connectivity index (χ2v) is 5.41. The molecule has 3 nitrogen and oxygen atoms in total. The molecular weight excluding hydrogens is 288 g/mol. The van der Waals surface area contributed by atoms with Crippen LogP contribution in [0.3, 0.4) is 0 Å². The molecule has 0 aromatic heterocycles. The van der Waals surface area contributed by atoms with Gasteiger partial charge in [0.1, 0.15) is 0 Å². The number of allylic oxidation sites excluding steroid dienone is 8. The highest BCUT2D eigenvalue weighted by atomic mass is 16.4. The summed E-state index contributed by atoms with van der Waals surface area (Å²) >= 11 is 0. The Bertz CT molecular complexity index is 646. The summed E-state index contributed by atoms with van der Waals surface area (Å²) in [4.78, 5) is 22.7. The van der Waals surface area contributed by atoms with Crippen LogP contribution in [0, 0.1) is 5.92 Å². The van der Waals surface area contributed by atoms with Gasteiger partial charge in [-0.2, -0.15) is 0 Å². The fourth-order valence-corrected chi connectivity index (χ4v) is 2.24. The first kappa shape index (κ1) is 13.5. The lowest BCUT2D eigenvalue weighted by atomic mass is 9.97. The molecule has 0 saturated heterocycles. The molecule has 0 unspecified atom stereocenters. The molecular formula is C20H28O3. The molecule has 23 heavy (non-hydrogen) atoms. The van der Waals surface area contributed by atoms with Crippen LogP contribution in [0.1, 0.15) is 63.7 Å². The Balaban J connectivity index is 2.70. The summed E-state index contributed by atoms with van der Waals surface area (Å²) in [6.45, 7) is 2.14. The lowest BCUT2D eigenvalue weighted by Crippen LogP contribution is -2.01. The van der Waals surface area contributed by atoms with Crippen molar-refractivity contribution in [3.8, 4) is 0 Å². The summed E-state index contributed by atoms with van der Waals surface area (Å²) in [5, 5.41) is 8.73. The van der Waals surface area contributed by atoms with Crippen LogP contribution in [0.5, 0.6) is 0 Å². The van der Waals surface area contributed by atoms with Crippen LogP contribution in [0.2, 0.25) is 0 Å². The van der Waals surface area contributed by atoms with Gasteiger partial charge in [-0.25, -0.2) is 0 Å². The van der Waals surface area contributed by atoms with Crippen LogP contribution in [0.15, 0.2) is 48.1 Å². The van der Waals surface area contributed by atoms with Gasteiger partial charge in [0.25, 0.3) is 0 Å². The maximum Gasteiger partial charge on any atom is 0.303 e. The SMILES string of the molecule is [2H]C([2H])(C=CC[C@H]1C=CC(=O)C1=CC=CCCCCC)C([2H])([2H])CC(=O)O. The number of aliphatic carboxylic acids is 1. The molecule has 3 heteroatoms. The van der Waals surface area contributed by atoms with Crippen LogP contribution in [0.4, 0.5) is 0 Å². The van der Waals surface area contributed by atoms with Crippen LogP contribution >= 0.6 is 0 Å². The first-order chi connectivity index (χ1) is 12.6. The fraction of sp³-hybridized carbons (Fsp3) is 0.500. The average molecular weight is 320 g/mol. The predicted octanol–water partition coefficient (Wildman–Crippen LogP) is 5.01. The van der Waals surface area contributed by atoms with Crippen molar-refractivity contribution in [1.29, 1.82) is 0 Å². The Morgan fingerprint density at radius 1 is 1.35 bits per heavy atom. The van der Waals surface area contributed by atoms with E-state index in [1.54, 1.807) is 12.2 Å². The fourth-order valence-electron chi connectivity index (χ4n) is 2.24. The highest BCUT2D eigenvalue weighted by molar-refractivity contribution is 6.07. The zero-order chi connectivity index (χ0) is 20.5. The number of carboxylic acid groups (broad SMARTS) is 1. The Morgan fingerprint density at radius 2 is 2.17 bits per heavy atom. The summed E-state index contributed by atoms with van der Waals surface area (Å²) in [5.74, 6) is -1.65. The van der Waals surface area contributed by atoms with Gasteiger partial charge in [0.05, 0.1) is 0 Å². The first-order valence-corrected chi connectivity index (χ1v) is 8.09. The molecule has 1 aliphatic carbocycles. The van der Waals surface area contributed by atoms with E-state index < -0.39 is 25.1 Å². The zero-order valence-electron chi connectivity index (χ0n) is 17.6.